The molecule has 0 aliphatic heterocycles. The third-order valence-electron chi connectivity index (χ3n) is 7.25. The summed E-state index contributed by atoms with van der Waals surface area (Å²) < 4.78 is 41.4. The summed E-state index contributed by atoms with van der Waals surface area (Å²) in [5.74, 6) is 0.0301. The third-order valence-corrected chi connectivity index (χ3v) is 7.25. The van der Waals surface area contributed by atoms with Gasteiger partial charge < -0.3 is 11.1 Å². The Morgan fingerprint density at radius 2 is 1.58 bits per heavy atom. The molecule has 0 aromatic heterocycles. The molecule has 2 unspecified atom stereocenters. The average molecular weight is 344 g/mol. The fourth-order valence-corrected chi connectivity index (χ4v) is 6.46. The van der Waals surface area contributed by atoms with Crippen LogP contribution in [0.3, 0.4) is 0 Å². The maximum absolute atomic E-state index is 13.8. The summed E-state index contributed by atoms with van der Waals surface area (Å²) in [6.45, 7) is 0. The molecule has 0 radical (unpaired) electrons. The van der Waals surface area contributed by atoms with Crippen molar-refractivity contribution in [3.05, 3.63) is 0 Å². The number of halogens is 3. The zero-order valence-corrected chi connectivity index (χ0v) is 14.0. The Bertz CT molecular complexity index is 511. The van der Waals surface area contributed by atoms with Crippen LogP contribution in [0.5, 0.6) is 0 Å². The standard InChI is InChI=1S/C18H27F3N2O/c19-18(20,21)17-8-11-5-12(9-17)7-16(6-11,10-17)15(24)23-14-3-1-13(22)2-4-14/h11-14H,1-10,22H2,(H,23,24). The van der Waals surface area contributed by atoms with Crippen LogP contribution in [0.4, 0.5) is 13.2 Å². The van der Waals surface area contributed by atoms with E-state index in [1.165, 1.54) is 0 Å². The molecule has 1 amide bonds. The zero-order valence-electron chi connectivity index (χ0n) is 14.0. The van der Waals surface area contributed by atoms with Crippen molar-refractivity contribution in [1.82, 2.24) is 5.32 Å². The number of nitrogens with one attached hydrogen (secondary N) is 1. The fraction of sp³-hybridized carbons (Fsp3) is 0.944. The molecule has 2 atom stereocenters. The summed E-state index contributed by atoms with van der Waals surface area (Å²) in [7, 11) is 0. The molecule has 136 valence electrons. The van der Waals surface area contributed by atoms with Gasteiger partial charge in [-0.15, -0.1) is 0 Å². The summed E-state index contributed by atoms with van der Waals surface area (Å²) in [6.07, 6.45) is 1.94. The monoisotopic (exact) mass is 344 g/mol. The summed E-state index contributed by atoms with van der Waals surface area (Å²) >= 11 is 0. The Balaban J connectivity index is 1.53. The minimum absolute atomic E-state index is 0.00850. The Morgan fingerprint density at radius 3 is 2.12 bits per heavy atom. The number of hydrogen-bond acceptors (Lipinski definition) is 2. The number of hydrogen-bond donors (Lipinski definition) is 2. The van der Waals surface area contributed by atoms with Crippen LogP contribution in [-0.4, -0.2) is 24.2 Å². The maximum atomic E-state index is 13.8. The molecule has 5 fully saturated rings. The topological polar surface area (TPSA) is 55.1 Å². The van der Waals surface area contributed by atoms with Crippen molar-refractivity contribution >= 4 is 5.91 Å². The lowest BCUT2D eigenvalue weighted by Crippen LogP contribution is -2.62. The van der Waals surface area contributed by atoms with E-state index in [2.05, 4.69) is 5.32 Å². The molecule has 24 heavy (non-hydrogen) atoms. The molecule has 0 saturated heterocycles. The number of carbonyl (C=O) groups is 1. The first-order chi connectivity index (χ1) is 11.2. The van der Waals surface area contributed by atoms with Gasteiger partial charge in [0.25, 0.3) is 0 Å². The van der Waals surface area contributed by atoms with E-state index in [1.807, 2.05) is 0 Å². The summed E-state index contributed by atoms with van der Waals surface area (Å²) in [5.41, 5.74) is 3.52. The van der Waals surface area contributed by atoms with Crippen LogP contribution in [0.2, 0.25) is 0 Å². The van der Waals surface area contributed by atoms with Crippen LogP contribution in [-0.2, 0) is 4.79 Å². The van der Waals surface area contributed by atoms with Gasteiger partial charge in [0.2, 0.25) is 5.91 Å². The maximum Gasteiger partial charge on any atom is 0.394 e. The van der Waals surface area contributed by atoms with Crippen LogP contribution in [0.15, 0.2) is 0 Å². The molecule has 0 heterocycles. The van der Waals surface area contributed by atoms with Crippen LogP contribution < -0.4 is 11.1 Å². The Kier molecular flexibility index (Phi) is 3.72. The van der Waals surface area contributed by atoms with Crippen LogP contribution in [0, 0.1) is 22.7 Å². The van der Waals surface area contributed by atoms with E-state index in [1.54, 1.807) is 0 Å². The number of alkyl halides is 3. The van der Waals surface area contributed by atoms with Gasteiger partial charge in [-0.3, -0.25) is 4.79 Å². The summed E-state index contributed by atoms with van der Waals surface area (Å²) in [4.78, 5) is 13.0. The van der Waals surface area contributed by atoms with Gasteiger partial charge in [-0.25, -0.2) is 0 Å². The molecule has 5 rings (SSSR count). The number of nitrogens with two attached hydrogens (primary N) is 1. The van der Waals surface area contributed by atoms with Crippen LogP contribution in [0.1, 0.15) is 64.2 Å². The van der Waals surface area contributed by atoms with Crippen molar-refractivity contribution in [3.63, 3.8) is 0 Å². The average Bonchev–Trinajstić information content (AvgIpc) is 2.47. The van der Waals surface area contributed by atoms with Crippen molar-refractivity contribution < 1.29 is 18.0 Å². The lowest BCUT2D eigenvalue weighted by molar-refractivity contribution is -0.283. The minimum Gasteiger partial charge on any atom is -0.353 e. The zero-order chi connectivity index (χ0) is 17.2. The van der Waals surface area contributed by atoms with Crippen molar-refractivity contribution in [2.45, 2.75) is 82.5 Å². The molecule has 3 N–H and O–H groups in total. The van der Waals surface area contributed by atoms with Crippen molar-refractivity contribution in [1.29, 1.82) is 0 Å². The van der Waals surface area contributed by atoms with Gasteiger partial charge in [-0.05, 0) is 76.0 Å². The molecule has 4 bridgehead atoms. The van der Waals surface area contributed by atoms with E-state index < -0.39 is 17.0 Å². The second kappa shape index (κ2) is 5.36. The molecular formula is C18H27F3N2O. The number of amides is 1. The molecule has 5 aliphatic rings. The highest BCUT2D eigenvalue weighted by atomic mass is 19.4. The van der Waals surface area contributed by atoms with Gasteiger partial charge in [0.1, 0.15) is 0 Å². The molecule has 0 aromatic rings. The van der Waals surface area contributed by atoms with Gasteiger partial charge in [0, 0.05) is 12.1 Å². The van der Waals surface area contributed by atoms with E-state index >= 15 is 0 Å². The van der Waals surface area contributed by atoms with E-state index in [0.717, 1.165) is 32.1 Å². The van der Waals surface area contributed by atoms with Crippen molar-refractivity contribution in [2.75, 3.05) is 0 Å². The third kappa shape index (κ3) is 2.56. The molecular weight excluding hydrogens is 317 g/mol. The Hall–Kier alpha value is -0.780. The molecule has 0 spiro atoms. The van der Waals surface area contributed by atoms with E-state index in [9.17, 15) is 18.0 Å². The van der Waals surface area contributed by atoms with Gasteiger partial charge in [0.15, 0.2) is 0 Å². The SMILES string of the molecule is NC1CCC(NC(=O)C23CC4CC(C2)CC(C(F)(F)F)(C4)C3)CC1. The molecule has 5 aliphatic carbocycles. The van der Waals surface area contributed by atoms with E-state index in [4.69, 9.17) is 5.73 Å². The van der Waals surface area contributed by atoms with Crippen LogP contribution in [0.25, 0.3) is 0 Å². The van der Waals surface area contributed by atoms with E-state index in [-0.39, 0.29) is 49.1 Å². The molecule has 3 nitrogen and oxygen atoms in total. The predicted octanol–water partition coefficient (Wildman–Crippen LogP) is 3.52. The van der Waals surface area contributed by atoms with Gasteiger partial charge >= 0.3 is 6.18 Å². The highest BCUT2D eigenvalue weighted by molar-refractivity contribution is 5.83. The molecule has 0 aromatic carbocycles. The Labute approximate surface area is 140 Å². The van der Waals surface area contributed by atoms with Crippen LogP contribution >= 0.6 is 0 Å². The molecule has 6 heteroatoms. The van der Waals surface area contributed by atoms with Gasteiger partial charge in [-0.1, -0.05) is 0 Å². The predicted molar refractivity (Wildman–Crippen MR) is 84.0 cm³/mol. The normalized spacial score (nSPS) is 47.7. The number of carbonyl (C=O) groups excluding carboxylic acids is 1. The number of rotatable bonds is 2. The summed E-state index contributed by atoms with van der Waals surface area (Å²) in [5, 5.41) is 3.10. The smallest absolute Gasteiger partial charge is 0.353 e. The highest BCUT2D eigenvalue weighted by Gasteiger charge is 2.68. The highest BCUT2D eigenvalue weighted by Crippen LogP contribution is 2.69. The first kappa shape index (κ1) is 16.7. The lowest BCUT2D eigenvalue weighted by atomic mass is 9.43. The quantitative estimate of drug-likeness (QED) is 0.805. The Morgan fingerprint density at radius 1 is 1.00 bits per heavy atom. The van der Waals surface area contributed by atoms with E-state index in [0.29, 0.717) is 12.8 Å². The first-order valence-corrected chi connectivity index (χ1v) is 9.35. The first-order valence-electron chi connectivity index (χ1n) is 9.35. The second-order valence-electron chi connectivity index (χ2n) is 9.10. The van der Waals surface area contributed by atoms with Gasteiger partial charge in [-0.2, -0.15) is 13.2 Å². The molecule has 5 saturated carbocycles. The second-order valence-corrected chi connectivity index (χ2v) is 9.10. The van der Waals surface area contributed by atoms with Crippen molar-refractivity contribution in [3.8, 4) is 0 Å². The largest absolute Gasteiger partial charge is 0.394 e. The van der Waals surface area contributed by atoms with Gasteiger partial charge in [0.05, 0.1) is 10.8 Å². The lowest BCUT2D eigenvalue weighted by Gasteiger charge is -2.61. The fourth-order valence-electron chi connectivity index (χ4n) is 6.46. The van der Waals surface area contributed by atoms with Crippen molar-refractivity contribution in [2.24, 2.45) is 28.4 Å². The summed E-state index contributed by atoms with van der Waals surface area (Å²) in [6, 6.07) is 0.290. The minimum atomic E-state index is -4.19.